The molecule has 0 aliphatic carbocycles. The Kier molecular flexibility index (Phi) is 6.81. The summed E-state index contributed by atoms with van der Waals surface area (Å²) in [6.45, 7) is 5.68. The molecule has 0 spiro atoms. The fraction of sp³-hybridized carbons (Fsp3) is 0.316. The van der Waals surface area contributed by atoms with E-state index in [9.17, 15) is 13.2 Å². The van der Waals surface area contributed by atoms with Crippen LogP contribution in [0.2, 0.25) is 5.02 Å². The Labute approximate surface area is 159 Å². The van der Waals surface area contributed by atoms with Crippen molar-refractivity contribution in [2.24, 2.45) is 0 Å². The minimum atomic E-state index is -3.63. The fourth-order valence-corrected chi connectivity index (χ4v) is 3.65. The van der Waals surface area contributed by atoms with Gasteiger partial charge in [0.05, 0.1) is 10.9 Å². The topological polar surface area (TPSA) is 75.3 Å². The molecule has 0 saturated heterocycles. The van der Waals surface area contributed by atoms with Crippen LogP contribution in [0.25, 0.3) is 0 Å². The van der Waals surface area contributed by atoms with E-state index in [1.165, 1.54) is 0 Å². The van der Waals surface area contributed by atoms with Gasteiger partial charge in [-0.15, -0.1) is 0 Å². The van der Waals surface area contributed by atoms with E-state index in [1.807, 2.05) is 32.9 Å². The van der Waals surface area contributed by atoms with Crippen molar-refractivity contribution in [3.05, 3.63) is 64.2 Å². The average Bonchev–Trinajstić information content (AvgIpc) is 2.57. The SMILES string of the molecule is Cc1ccc(S(=O)(=O)NCCC(=O)N[C@@H](C)c2ccc(Cl)cc2)cc1C. The number of rotatable bonds is 7. The Morgan fingerprint density at radius 1 is 1.08 bits per heavy atom. The van der Waals surface area contributed by atoms with Gasteiger partial charge in [0.25, 0.3) is 0 Å². The second-order valence-corrected chi connectivity index (χ2v) is 8.44. The van der Waals surface area contributed by atoms with Crippen LogP contribution in [0.3, 0.4) is 0 Å². The summed E-state index contributed by atoms with van der Waals surface area (Å²) in [6.07, 6.45) is 0.0575. The molecule has 0 unspecified atom stereocenters. The van der Waals surface area contributed by atoms with E-state index in [2.05, 4.69) is 10.0 Å². The Hall–Kier alpha value is -1.89. The molecule has 0 radical (unpaired) electrons. The third kappa shape index (κ3) is 5.56. The Morgan fingerprint density at radius 3 is 2.35 bits per heavy atom. The Bertz CT molecular complexity index is 880. The first-order chi connectivity index (χ1) is 12.2. The van der Waals surface area contributed by atoms with Crippen molar-refractivity contribution in [3.63, 3.8) is 0 Å². The Balaban J connectivity index is 1.87. The zero-order chi connectivity index (χ0) is 19.3. The second-order valence-electron chi connectivity index (χ2n) is 6.23. The Morgan fingerprint density at radius 2 is 1.73 bits per heavy atom. The molecular formula is C19H23ClN2O3S. The second kappa shape index (κ2) is 8.66. The first-order valence-corrected chi connectivity index (χ1v) is 10.2. The standard InChI is InChI=1S/C19H23ClN2O3S/c1-13-4-9-18(12-14(13)2)26(24,25)21-11-10-19(23)22-15(3)16-5-7-17(20)8-6-16/h4-9,12,15,21H,10-11H2,1-3H3,(H,22,23)/t15-/m0/s1. The lowest BCUT2D eigenvalue weighted by molar-refractivity contribution is -0.121. The quantitative estimate of drug-likeness (QED) is 0.754. The van der Waals surface area contributed by atoms with Crippen molar-refractivity contribution in [3.8, 4) is 0 Å². The van der Waals surface area contributed by atoms with E-state index >= 15 is 0 Å². The van der Waals surface area contributed by atoms with Crippen molar-refractivity contribution in [2.75, 3.05) is 6.54 Å². The highest BCUT2D eigenvalue weighted by Crippen LogP contribution is 2.16. The third-order valence-electron chi connectivity index (χ3n) is 4.18. The summed E-state index contributed by atoms with van der Waals surface area (Å²) in [4.78, 5) is 12.2. The highest BCUT2D eigenvalue weighted by Gasteiger charge is 2.15. The van der Waals surface area contributed by atoms with Crippen LogP contribution < -0.4 is 10.0 Å². The van der Waals surface area contributed by atoms with Crippen LogP contribution in [0.15, 0.2) is 47.4 Å². The van der Waals surface area contributed by atoms with Gasteiger partial charge in [-0.25, -0.2) is 13.1 Å². The number of hydrogen-bond donors (Lipinski definition) is 2. The molecule has 2 aromatic rings. The van der Waals surface area contributed by atoms with Crippen molar-refractivity contribution >= 4 is 27.5 Å². The minimum absolute atomic E-state index is 0.0361. The summed E-state index contributed by atoms with van der Waals surface area (Å²) < 4.78 is 27.1. The molecule has 1 atom stereocenters. The number of aryl methyl sites for hydroxylation is 2. The van der Waals surface area contributed by atoms with Gasteiger partial charge in [0.15, 0.2) is 0 Å². The summed E-state index contributed by atoms with van der Waals surface area (Å²) in [7, 11) is -3.63. The fourth-order valence-electron chi connectivity index (χ4n) is 2.41. The van der Waals surface area contributed by atoms with Gasteiger partial charge in [0, 0.05) is 18.0 Å². The average molecular weight is 395 g/mol. The molecule has 0 heterocycles. The molecule has 7 heteroatoms. The highest BCUT2D eigenvalue weighted by molar-refractivity contribution is 7.89. The van der Waals surface area contributed by atoms with Crippen molar-refractivity contribution < 1.29 is 13.2 Å². The van der Waals surface area contributed by atoms with Gasteiger partial charge in [-0.05, 0) is 61.7 Å². The molecular weight excluding hydrogens is 372 g/mol. The van der Waals surface area contributed by atoms with Crippen LogP contribution in [0.4, 0.5) is 0 Å². The number of amides is 1. The predicted octanol–water partition coefficient (Wildman–Crippen LogP) is 3.50. The van der Waals surface area contributed by atoms with Gasteiger partial charge < -0.3 is 5.32 Å². The largest absolute Gasteiger partial charge is 0.350 e. The lowest BCUT2D eigenvalue weighted by Gasteiger charge is -2.15. The van der Waals surface area contributed by atoms with Crippen LogP contribution in [-0.2, 0) is 14.8 Å². The summed E-state index contributed by atoms with van der Waals surface area (Å²) in [5.74, 6) is -0.227. The van der Waals surface area contributed by atoms with Crippen LogP contribution >= 0.6 is 11.6 Å². The number of carbonyl (C=O) groups excluding carboxylic acids is 1. The smallest absolute Gasteiger partial charge is 0.240 e. The molecule has 0 aliphatic rings. The first kappa shape index (κ1) is 20.4. The van der Waals surface area contributed by atoms with Gasteiger partial charge in [-0.2, -0.15) is 0 Å². The maximum Gasteiger partial charge on any atom is 0.240 e. The molecule has 1 amide bonds. The van der Waals surface area contributed by atoms with Gasteiger partial charge in [0.2, 0.25) is 15.9 Å². The number of carbonyl (C=O) groups is 1. The highest BCUT2D eigenvalue weighted by atomic mass is 35.5. The number of benzene rings is 2. The maximum atomic E-state index is 12.3. The predicted molar refractivity (Wildman–Crippen MR) is 104 cm³/mol. The summed E-state index contributed by atoms with van der Waals surface area (Å²) in [5, 5.41) is 3.47. The number of hydrogen-bond acceptors (Lipinski definition) is 3. The molecule has 2 rings (SSSR count). The molecule has 5 nitrogen and oxygen atoms in total. The van der Waals surface area contributed by atoms with Crippen molar-refractivity contribution in [1.82, 2.24) is 10.0 Å². The molecule has 0 aromatic heterocycles. The van der Waals surface area contributed by atoms with E-state index in [0.717, 1.165) is 16.7 Å². The summed E-state index contributed by atoms with van der Waals surface area (Å²) in [6, 6.07) is 12.0. The van der Waals surface area contributed by atoms with Gasteiger partial charge in [0.1, 0.15) is 0 Å². The molecule has 140 valence electrons. The zero-order valence-electron chi connectivity index (χ0n) is 15.0. The van der Waals surface area contributed by atoms with E-state index in [0.29, 0.717) is 5.02 Å². The monoisotopic (exact) mass is 394 g/mol. The summed E-state index contributed by atoms with van der Waals surface area (Å²) in [5.41, 5.74) is 2.86. The molecule has 26 heavy (non-hydrogen) atoms. The van der Waals surface area contributed by atoms with Gasteiger partial charge in [-0.3, -0.25) is 4.79 Å². The van der Waals surface area contributed by atoms with Gasteiger partial charge in [-0.1, -0.05) is 29.8 Å². The van der Waals surface area contributed by atoms with E-state index in [1.54, 1.807) is 30.3 Å². The van der Waals surface area contributed by atoms with Gasteiger partial charge >= 0.3 is 0 Å². The van der Waals surface area contributed by atoms with Crippen molar-refractivity contribution in [1.29, 1.82) is 0 Å². The lowest BCUT2D eigenvalue weighted by Crippen LogP contribution is -2.32. The molecule has 0 fully saturated rings. The third-order valence-corrected chi connectivity index (χ3v) is 5.89. The molecule has 0 saturated carbocycles. The molecule has 2 N–H and O–H groups in total. The molecule has 2 aromatic carbocycles. The zero-order valence-corrected chi connectivity index (χ0v) is 16.6. The van der Waals surface area contributed by atoms with E-state index in [4.69, 9.17) is 11.6 Å². The normalized spacial score (nSPS) is 12.6. The minimum Gasteiger partial charge on any atom is -0.350 e. The number of nitrogens with one attached hydrogen (secondary N) is 2. The van der Waals surface area contributed by atoms with Crippen LogP contribution in [0, 0.1) is 13.8 Å². The first-order valence-electron chi connectivity index (χ1n) is 8.31. The van der Waals surface area contributed by atoms with E-state index < -0.39 is 10.0 Å². The number of sulfonamides is 1. The summed E-state index contributed by atoms with van der Waals surface area (Å²) >= 11 is 5.85. The van der Waals surface area contributed by atoms with Crippen LogP contribution in [-0.4, -0.2) is 20.9 Å². The maximum absolute atomic E-state index is 12.3. The lowest BCUT2D eigenvalue weighted by atomic mass is 10.1. The number of halogens is 1. The van der Waals surface area contributed by atoms with Crippen LogP contribution in [0.1, 0.15) is 36.1 Å². The van der Waals surface area contributed by atoms with E-state index in [-0.39, 0.29) is 29.8 Å². The molecule has 0 bridgehead atoms. The van der Waals surface area contributed by atoms with Crippen molar-refractivity contribution in [2.45, 2.75) is 38.1 Å². The van der Waals surface area contributed by atoms with Crippen LogP contribution in [0.5, 0.6) is 0 Å². The molecule has 0 aliphatic heterocycles.